The van der Waals surface area contributed by atoms with E-state index in [1.165, 1.54) is 23.8 Å². The number of carboxylic acids is 1. The smallest absolute Gasteiger partial charge is 0.335 e. The molecule has 1 saturated heterocycles. The van der Waals surface area contributed by atoms with Crippen molar-refractivity contribution in [2.45, 2.75) is 33.6 Å². The Morgan fingerprint density at radius 1 is 1.03 bits per heavy atom. The molecule has 0 saturated carbocycles. The zero-order chi connectivity index (χ0) is 25.4. The van der Waals surface area contributed by atoms with Crippen LogP contribution >= 0.6 is 12.2 Å². The highest BCUT2D eigenvalue weighted by atomic mass is 32.1. The third kappa shape index (κ3) is 4.52. The van der Waals surface area contributed by atoms with Gasteiger partial charge in [-0.15, -0.1) is 0 Å². The first kappa shape index (κ1) is 24.1. The van der Waals surface area contributed by atoms with Gasteiger partial charge in [-0.2, -0.15) is 0 Å². The molecule has 0 aliphatic carbocycles. The predicted octanol–water partition coefficient (Wildman–Crippen LogP) is 4.75. The minimum Gasteiger partial charge on any atom is -0.478 e. The third-order valence-electron chi connectivity index (χ3n) is 6.04. The third-order valence-corrected chi connectivity index (χ3v) is 6.33. The Balaban J connectivity index is 1.73. The summed E-state index contributed by atoms with van der Waals surface area (Å²) in [6, 6.07) is 16.1. The first-order valence-electron chi connectivity index (χ1n) is 11.1. The van der Waals surface area contributed by atoms with E-state index in [2.05, 4.69) is 48.0 Å². The molecule has 0 atom stereocenters. The molecule has 35 heavy (non-hydrogen) atoms. The number of rotatable bonds is 5. The van der Waals surface area contributed by atoms with E-state index in [0.29, 0.717) is 5.92 Å². The van der Waals surface area contributed by atoms with Crippen LogP contribution in [0.2, 0.25) is 0 Å². The van der Waals surface area contributed by atoms with Gasteiger partial charge in [-0.05, 0) is 85.6 Å². The fourth-order valence-corrected chi connectivity index (χ4v) is 4.45. The van der Waals surface area contributed by atoms with Crippen molar-refractivity contribution in [2.75, 3.05) is 4.90 Å². The van der Waals surface area contributed by atoms with Crippen LogP contribution in [0.1, 0.15) is 52.6 Å². The lowest BCUT2D eigenvalue weighted by Crippen LogP contribution is -2.54. The van der Waals surface area contributed by atoms with Gasteiger partial charge in [0.2, 0.25) is 0 Å². The molecule has 178 valence electrons. The second kappa shape index (κ2) is 9.31. The van der Waals surface area contributed by atoms with Gasteiger partial charge in [0.1, 0.15) is 5.57 Å². The number of aromatic nitrogens is 1. The predicted molar refractivity (Wildman–Crippen MR) is 139 cm³/mol. The first-order valence-corrected chi connectivity index (χ1v) is 11.5. The Kier molecular flexibility index (Phi) is 6.41. The van der Waals surface area contributed by atoms with Crippen molar-refractivity contribution >= 4 is 46.9 Å². The summed E-state index contributed by atoms with van der Waals surface area (Å²) < 4.78 is 2.07. The first-order chi connectivity index (χ1) is 16.6. The number of carbonyl (C=O) groups is 3. The van der Waals surface area contributed by atoms with Crippen molar-refractivity contribution < 1.29 is 19.5 Å². The molecule has 2 heterocycles. The maximum atomic E-state index is 13.4. The summed E-state index contributed by atoms with van der Waals surface area (Å²) in [6.45, 7) is 8.18. The van der Waals surface area contributed by atoms with Crippen LogP contribution in [0.25, 0.3) is 11.8 Å². The maximum absolute atomic E-state index is 13.4. The monoisotopic (exact) mass is 487 g/mol. The zero-order valence-corrected chi connectivity index (χ0v) is 20.6. The standard InChI is InChI=1S/C27H25N3O4S/c1-15(2)18-8-10-21(11-9-18)29-16(3)12-20(17(29)4)14-23-24(31)28-27(35)30(25(23)32)22-7-5-6-19(13-22)26(33)34/h5-15H,1-4H3,(H,33,34)(H,28,31,35). The highest BCUT2D eigenvalue weighted by molar-refractivity contribution is 7.80. The summed E-state index contributed by atoms with van der Waals surface area (Å²) in [5, 5.41) is 11.7. The molecule has 1 fully saturated rings. The molecule has 2 aromatic carbocycles. The average molecular weight is 488 g/mol. The van der Waals surface area contributed by atoms with Gasteiger partial charge >= 0.3 is 5.97 Å². The molecule has 1 aliphatic rings. The highest BCUT2D eigenvalue weighted by Gasteiger charge is 2.35. The Hall–Kier alpha value is -4.04. The number of carboxylic acid groups (broad SMARTS) is 1. The van der Waals surface area contributed by atoms with E-state index in [-0.39, 0.29) is 21.9 Å². The van der Waals surface area contributed by atoms with Gasteiger partial charge < -0.3 is 9.67 Å². The summed E-state index contributed by atoms with van der Waals surface area (Å²) in [5.41, 5.74) is 4.97. The van der Waals surface area contributed by atoms with Gasteiger partial charge in [0.25, 0.3) is 11.8 Å². The second-order valence-electron chi connectivity index (χ2n) is 8.72. The lowest BCUT2D eigenvalue weighted by atomic mass is 10.0. The van der Waals surface area contributed by atoms with E-state index >= 15 is 0 Å². The summed E-state index contributed by atoms with van der Waals surface area (Å²) in [6.07, 6.45) is 1.55. The number of hydrogen-bond acceptors (Lipinski definition) is 4. The quantitative estimate of drug-likeness (QED) is 0.308. The van der Waals surface area contributed by atoms with Crippen LogP contribution < -0.4 is 10.2 Å². The molecular formula is C27H25N3O4S. The van der Waals surface area contributed by atoms with E-state index in [1.54, 1.807) is 12.1 Å². The molecule has 1 aromatic heterocycles. The fourth-order valence-electron chi connectivity index (χ4n) is 4.16. The molecule has 1 aliphatic heterocycles. The maximum Gasteiger partial charge on any atom is 0.335 e. The van der Waals surface area contributed by atoms with E-state index < -0.39 is 17.8 Å². The van der Waals surface area contributed by atoms with Gasteiger partial charge in [-0.25, -0.2) is 4.79 Å². The number of thiocarbonyl (C=S) groups is 1. The van der Waals surface area contributed by atoms with Gasteiger partial charge in [0.05, 0.1) is 11.3 Å². The van der Waals surface area contributed by atoms with Crippen molar-refractivity contribution in [2.24, 2.45) is 0 Å². The van der Waals surface area contributed by atoms with E-state index in [1.807, 2.05) is 19.9 Å². The number of anilines is 1. The van der Waals surface area contributed by atoms with E-state index in [9.17, 15) is 19.5 Å². The number of amides is 2. The molecule has 0 radical (unpaired) electrons. The number of benzene rings is 2. The van der Waals surface area contributed by atoms with Gasteiger partial charge in [-0.3, -0.25) is 19.8 Å². The van der Waals surface area contributed by atoms with Crippen LogP contribution in [-0.4, -0.2) is 32.6 Å². The van der Waals surface area contributed by atoms with E-state index in [4.69, 9.17) is 12.2 Å². The molecule has 0 bridgehead atoms. The average Bonchev–Trinajstić information content (AvgIpc) is 3.09. The summed E-state index contributed by atoms with van der Waals surface area (Å²) in [5.74, 6) is -1.92. The molecule has 2 N–H and O–H groups in total. The molecule has 0 unspecified atom stereocenters. The van der Waals surface area contributed by atoms with Crippen molar-refractivity contribution in [3.8, 4) is 5.69 Å². The largest absolute Gasteiger partial charge is 0.478 e. The fraction of sp³-hybridized carbons (Fsp3) is 0.185. The van der Waals surface area contributed by atoms with Crippen LogP contribution in [0.4, 0.5) is 5.69 Å². The Morgan fingerprint density at radius 2 is 1.71 bits per heavy atom. The Morgan fingerprint density at radius 3 is 2.34 bits per heavy atom. The second-order valence-corrected chi connectivity index (χ2v) is 9.11. The zero-order valence-electron chi connectivity index (χ0n) is 19.8. The molecule has 4 rings (SSSR count). The molecule has 0 spiro atoms. The topological polar surface area (TPSA) is 91.6 Å². The van der Waals surface area contributed by atoms with Gasteiger partial charge in [-0.1, -0.05) is 32.0 Å². The number of nitrogens with zero attached hydrogens (tertiary/aromatic N) is 2. The molecular weight excluding hydrogens is 462 g/mol. The lowest BCUT2D eigenvalue weighted by Gasteiger charge is -2.29. The van der Waals surface area contributed by atoms with Crippen LogP contribution in [0.15, 0.2) is 60.2 Å². The summed E-state index contributed by atoms with van der Waals surface area (Å²) >= 11 is 5.23. The molecule has 2 amide bonds. The normalized spacial score (nSPS) is 15.2. The van der Waals surface area contributed by atoms with Gasteiger partial charge in [0.15, 0.2) is 5.11 Å². The molecule has 8 heteroatoms. The van der Waals surface area contributed by atoms with Crippen LogP contribution in [0, 0.1) is 13.8 Å². The Bertz CT molecular complexity index is 1400. The number of hydrogen-bond donors (Lipinski definition) is 2. The van der Waals surface area contributed by atoms with Crippen molar-refractivity contribution in [1.82, 2.24) is 9.88 Å². The minimum atomic E-state index is -1.13. The van der Waals surface area contributed by atoms with Crippen molar-refractivity contribution in [3.05, 3.63) is 88.2 Å². The van der Waals surface area contributed by atoms with Crippen LogP contribution in [0.3, 0.4) is 0 Å². The minimum absolute atomic E-state index is 0.00700. The lowest BCUT2D eigenvalue weighted by molar-refractivity contribution is -0.122. The Labute approximate surface area is 208 Å². The van der Waals surface area contributed by atoms with Crippen LogP contribution in [0.5, 0.6) is 0 Å². The SMILES string of the molecule is Cc1cc(C=C2C(=O)NC(=S)N(c3cccc(C(=O)O)c3)C2=O)c(C)n1-c1ccc(C(C)C)cc1. The number of aryl methyl sites for hydroxylation is 1. The number of nitrogens with one attached hydrogen (secondary N) is 1. The summed E-state index contributed by atoms with van der Waals surface area (Å²) in [7, 11) is 0. The number of aromatic carboxylic acids is 1. The van der Waals surface area contributed by atoms with Crippen molar-refractivity contribution in [1.29, 1.82) is 0 Å². The van der Waals surface area contributed by atoms with Crippen LogP contribution in [-0.2, 0) is 9.59 Å². The van der Waals surface area contributed by atoms with E-state index in [0.717, 1.165) is 27.5 Å². The highest BCUT2D eigenvalue weighted by Crippen LogP contribution is 2.27. The van der Waals surface area contributed by atoms with Crippen molar-refractivity contribution in [3.63, 3.8) is 0 Å². The molecule has 7 nitrogen and oxygen atoms in total. The molecule has 3 aromatic rings. The van der Waals surface area contributed by atoms with Gasteiger partial charge in [0, 0.05) is 17.1 Å². The summed E-state index contributed by atoms with van der Waals surface area (Å²) in [4.78, 5) is 38.6. The number of carbonyl (C=O) groups excluding carboxylic acids is 2.